The Hall–Kier alpha value is -0.860. The Kier molecular flexibility index (Phi) is 3.29. The Morgan fingerprint density at radius 3 is 2.43 bits per heavy atom. The first-order valence-corrected chi connectivity index (χ1v) is 3.92. The Morgan fingerprint density at radius 2 is 2.00 bits per heavy atom. The van der Waals surface area contributed by atoms with Crippen molar-refractivity contribution in [3.8, 4) is 0 Å². The predicted molar refractivity (Wildman–Crippen MR) is 41.5 cm³/mol. The minimum absolute atomic E-state index is 0.381. The predicted octanol–water partition coefficient (Wildman–Crippen LogP) is -0.886. The van der Waals surface area contributed by atoms with Crippen LogP contribution in [0.2, 0.25) is 0 Å². The fraction of sp³-hybridized carbons (Fsp3) is 0.833. The van der Waals surface area contributed by atoms with Crippen molar-refractivity contribution in [2.75, 3.05) is 0 Å². The fourth-order valence-electron chi connectivity index (χ4n) is 1.29. The Labute approximate surface area is 78.4 Å². The van der Waals surface area contributed by atoms with Crippen LogP contribution < -0.4 is 16.6 Å². The van der Waals surface area contributed by atoms with E-state index < -0.39 is 31.0 Å². The lowest BCUT2D eigenvalue weighted by Gasteiger charge is -2.41. The maximum Gasteiger partial charge on any atom is 0.223 e. The number of amides is 1. The highest BCUT2D eigenvalue weighted by Gasteiger charge is 2.44. The van der Waals surface area contributed by atoms with Crippen LogP contribution >= 0.6 is 0 Å². The standard InChI is InChI=1S/C6H11F3N4O/c1-2(14)13-5(9)3(7)11-4(8)6(13)12-10/h3-6,11-12H,10H2,1H3. The zero-order valence-electron chi connectivity index (χ0n) is 7.38. The van der Waals surface area contributed by atoms with Gasteiger partial charge in [-0.05, 0) is 0 Å². The number of hydrogen-bond acceptors (Lipinski definition) is 4. The molecule has 1 saturated heterocycles. The van der Waals surface area contributed by atoms with E-state index in [4.69, 9.17) is 5.84 Å². The summed E-state index contributed by atoms with van der Waals surface area (Å²) < 4.78 is 38.9. The van der Waals surface area contributed by atoms with Gasteiger partial charge in [-0.1, -0.05) is 0 Å². The third-order valence-corrected chi connectivity index (χ3v) is 1.94. The summed E-state index contributed by atoms with van der Waals surface area (Å²) in [6.07, 6.45) is -7.86. The van der Waals surface area contributed by atoms with Crippen molar-refractivity contribution in [3.63, 3.8) is 0 Å². The van der Waals surface area contributed by atoms with Crippen LogP contribution in [0, 0.1) is 0 Å². The van der Waals surface area contributed by atoms with Crippen molar-refractivity contribution >= 4 is 5.91 Å². The number of carbonyl (C=O) groups excluding carboxylic acids is 1. The number of nitrogens with zero attached hydrogens (tertiary/aromatic N) is 1. The fourth-order valence-corrected chi connectivity index (χ4v) is 1.29. The molecule has 0 bridgehead atoms. The summed E-state index contributed by atoms with van der Waals surface area (Å²) in [6, 6.07) is 0. The molecule has 14 heavy (non-hydrogen) atoms. The molecule has 0 aliphatic carbocycles. The van der Waals surface area contributed by atoms with Crippen LogP contribution in [0.4, 0.5) is 13.2 Å². The zero-order chi connectivity index (χ0) is 10.9. The van der Waals surface area contributed by atoms with Crippen molar-refractivity contribution in [1.29, 1.82) is 0 Å². The molecule has 4 unspecified atom stereocenters. The second-order valence-electron chi connectivity index (χ2n) is 2.88. The molecule has 8 heteroatoms. The normalized spacial score (nSPS) is 38.5. The van der Waals surface area contributed by atoms with Gasteiger partial charge in [-0.2, -0.15) is 0 Å². The molecule has 1 aliphatic rings. The Morgan fingerprint density at radius 1 is 1.43 bits per heavy atom. The van der Waals surface area contributed by atoms with Gasteiger partial charge in [0.05, 0.1) is 0 Å². The summed E-state index contributed by atoms with van der Waals surface area (Å²) in [6.45, 7) is 1.00. The summed E-state index contributed by atoms with van der Waals surface area (Å²) >= 11 is 0. The van der Waals surface area contributed by atoms with Crippen molar-refractivity contribution in [1.82, 2.24) is 15.6 Å². The number of halogens is 3. The first-order chi connectivity index (χ1) is 6.49. The maximum absolute atomic E-state index is 13.1. The van der Waals surface area contributed by atoms with E-state index in [1.807, 2.05) is 5.43 Å². The molecular weight excluding hydrogens is 201 g/mol. The van der Waals surface area contributed by atoms with Gasteiger partial charge in [0.1, 0.15) is 6.17 Å². The van der Waals surface area contributed by atoms with Crippen LogP contribution in [0.25, 0.3) is 0 Å². The second kappa shape index (κ2) is 4.11. The summed E-state index contributed by atoms with van der Waals surface area (Å²) in [7, 11) is 0. The number of carbonyl (C=O) groups is 1. The average Bonchev–Trinajstić information content (AvgIpc) is 2.10. The summed E-state index contributed by atoms with van der Waals surface area (Å²) in [5.41, 5.74) is 1.90. The molecule has 5 nitrogen and oxygen atoms in total. The van der Waals surface area contributed by atoms with Gasteiger partial charge in [-0.25, -0.2) is 18.6 Å². The minimum atomic E-state index is -2.25. The van der Waals surface area contributed by atoms with Crippen LogP contribution in [0.3, 0.4) is 0 Å². The smallest absolute Gasteiger partial charge is 0.223 e. The molecule has 1 aliphatic heterocycles. The van der Waals surface area contributed by atoms with Gasteiger partial charge in [-0.3, -0.25) is 20.9 Å². The van der Waals surface area contributed by atoms with Crippen LogP contribution in [0.5, 0.6) is 0 Å². The lowest BCUT2D eigenvalue weighted by Crippen LogP contribution is -2.69. The van der Waals surface area contributed by atoms with Gasteiger partial charge in [0, 0.05) is 6.92 Å². The zero-order valence-corrected chi connectivity index (χ0v) is 7.38. The van der Waals surface area contributed by atoms with E-state index in [-0.39, 0.29) is 0 Å². The minimum Gasteiger partial charge on any atom is -0.288 e. The molecular formula is C6H11F3N4O. The number of hydrogen-bond donors (Lipinski definition) is 3. The van der Waals surface area contributed by atoms with E-state index in [0.717, 1.165) is 6.92 Å². The highest BCUT2D eigenvalue weighted by Crippen LogP contribution is 2.20. The molecule has 82 valence electrons. The molecule has 1 rings (SSSR count). The third kappa shape index (κ3) is 1.81. The molecule has 0 radical (unpaired) electrons. The van der Waals surface area contributed by atoms with E-state index in [2.05, 4.69) is 0 Å². The topological polar surface area (TPSA) is 70.4 Å². The molecule has 1 amide bonds. The molecule has 0 saturated carbocycles. The molecule has 0 aromatic heterocycles. The van der Waals surface area contributed by atoms with Gasteiger partial charge in [0.25, 0.3) is 0 Å². The summed E-state index contributed by atoms with van der Waals surface area (Å²) in [5.74, 6) is 4.12. The van der Waals surface area contributed by atoms with Crippen LogP contribution in [-0.4, -0.2) is 35.9 Å². The SMILES string of the molecule is CC(=O)N1C(F)C(F)NC(F)C1NN. The van der Waals surface area contributed by atoms with Crippen LogP contribution in [0.15, 0.2) is 0 Å². The highest BCUT2D eigenvalue weighted by atomic mass is 19.2. The van der Waals surface area contributed by atoms with Gasteiger partial charge in [0.15, 0.2) is 6.30 Å². The third-order valence-electron chi connectivity index (χ3n) is 1.94. The first kappa shape index (κ1) is 11.2. The van der Waals surface area contributed by atoms with E-state index in [1.54, 1.807) is 5.32 Å². The average molecular weight is 212 g/mol. The highest BCUT2D eigenvalue weighted by molar-refractivity contribution is 5.74. The van der Waals surface area contributed by atoms with E-state index >= 15 is 0 Å². The number of nitrogens with one attached hydrogen (secondary N) is 2. The first-order valence-electron chi connectivity index (χ1n) is 3.92. The Balaban J connectivity index is 2.86. The van der Waals surface area contributed by atoms with E-state index in [0.29, 0.717) is 4.90 Å². The summed E-state index contributed by atoms with van der Waals surface area (Å²) in [5, 5.41) is 1.67. The van der Waals surface area contributed by atoms with Crippen molar-refractivity contribution < 1.29 is 18.0 Å². The number of piperazine rings is 1. The lowest BCUT2D eigenvalue weighted by molar-refractivity contribution is -0.160. The van der Waals surface area contributed by atoms with Crippen LogP contribution in [0.1, 0.15) is 6.92 Å². The summed E-state index contributed by atoms with van der Waals surface area (Å²) in [4.78, 5) is 11.3. The molecule has 0 spiro atoms. The lowest BCUT2D eigenvalue weighted by atomic mass is 10.2. The van der Waals surface area contributed by atoms with Gasteiger partial charge >= 0.3 is 0 Å². The number of nitrogens with two attached hydrogens (primary N) is 1. The second-order valence-corrected chi connectivity index (χ2v) is 2.88. The largest absolute Gasteiger partial charge is 0.288 e. The molecule has 4 N–H and O–H groups in total. The molecule has 1 fully saturated rings. The molecule has 4 atom stereocenters. The number of alkyl halides is 3. The van der Waals surface area contributed by atoms with Gasteiger partial charge in [0.2, 0.25) is 18.5 Å². The van der Waals surface area contributed by atoms with E-state index in [9.17, 15) is 18.0 Å². The quantitative estimate of drug-likeness (QED) is 0.300. The van der Waals surface area contributed by atoms with Gasteiger partial charge in [-0.15, -0.1) is 0 Å². The number of rotatable bonds is 1. The van der Waals surface area contributed by atoms with Crippen molar-refractivity contribution in [2.45, 2.75) is 32.0 Å². The van der Waals surface area contributed by atoms with Gasteiger partial charge < -0.3 is 0 Å². The molecule has 0 aromatic carbocycles. The van der Waals surface area contributed by atoms with Crippen molar-refractivity contribution in [2.24, 2.45) is 5.84 Å². The maximum atomic E-state index is 13.1. The van der Waals surface area contributed by atoms with E-state index in [1.165, 1.54) is 0 Å². The monoisotopic (exact) mass is 212 g/mol. The molecule has 1 heterocycles. The molecule has 0 aromatic rings. The number of hydrazine groups is 1. The Bertz CT molecular complexity index is 229. The van der Waals surface area contributed by atoms with Crippen molar-refractivity contribution in [3.05, 3.63) is 0 Å². The van der Waals surface area contributed by atoms with Crippen LogP contribution in [-0.2, 0) is 4.79 Å².